The van der Waals surface area contributed by atoms with E-state index in [0.717, 1.165) is 36.8 Å². The van der Waals surface area contributed by atoms with Crippen LogP contribution in [-0.2, 0) is 9.47 Å². The molecule has 5 heteroatoms. The number of hydrogen-bond donors (Lipinski definition) is 1. The first-order valence-corrected chi connectivity index (χ1v) is 5.98. The summed E-state index contributed by atoms with van der Waals surface area (Å²) >= 11 is 0. The van der Waals surface area contributed by atoms with Gasteiger partial charge >= 0.3 is 0 Å². The molecule has 2 rings (SSSR count). The van der Waals surface area contributed by atoms with Gasteiger partial charge in [-0.2, -0.15) is 0 Å². The fourth-order valence-electron chi connectivity index (χ4n) is 1.84. The summed E-state index contributed by atoms with van der Waals surface area (Å²) in [7, 11) is 3.30. The highest BCUT2D eigenvalue weighted by atomic mass is 16.7. The van der Waals surface area contributed by atoms with Gasteiger partial charge in [-0.25, -0.2) is 0 Å². The third-order valence-electron chi connectivity index (χ3n) is 2.90. The van der Waals surface area contributed by atoms with Crippen LogP contribution in [0.1, 0.15) is 6.42 Å². The lowest BCUT2D eigenvalue weighted by Gasteiger charge is -2.23. The van der Waals surface area contributed by atoms with E-state index in [1.807, 2.05) is 18.2 Å². The third kappa shape index (κ3) is 3.27. The van der Waals surface area contributed by atoms with Gasteiger partial charge in [-0.3, -0.25) is 0 Å². The van der Waals surface area contributed by atoms with Gasteiger partial charge in [-0.05, 0) is 18.6 Å². The molecule has 1 atom stereocenters. The topological polar surface area (TPSA) is 49.0 Å². The molecule has 1 aromatic rings. The Kier molecular flexibility index (Phi) is 4.66. The molecule has 18 heavy (non-hydrogen) atoms. The average molecular weight is 253 g/mol. The van der Waals surface area contributed by atoms with Gasteiger partial charge in [0.1, 0.15) is 18.3 Å². The maximum absolute atomic E-state index is 5.47. The molecule has 1 aliphatic rings. The number of anilines is 1. The van der Waals surface area contributed by atoms with Crippen molar-refractivity contribution in [2.75, 3.05) is 39.5 Å². The van der Waals surface area contributed by atoms with Crippen LogP contribution in [0.15, 0.2) is 18.2 Å². The second kappa shape index (κ2) is 6.47. The van der Waals surface area contributed by atoms with Crippen molar-refractivity contribution in [2.24, 2.45) is 0 Å². The number of benzene rings is 1. The molecule has 5 nitrogen and oxygen atoms in total. The van der Waals surface area contributed by atoms with E-state index in [2.05, 4.69) is 5.32 Å². The predicted molar refractivity (Wildman–Crippen MR) is 68.3 cm³/mol. The number of hydrogen-bond acceptors (Lipinski definition) is 5. The molecule has 1 aromatic carbocycles. The summed E-state index contributed by atoms with van der Waals surface area (Å²) < 4.78 is 21.1. The Bertz CT molecular complexity index is 377. The first-order chi connectivity index (χ1) is 8.83. The quantitative estimate of drug-likeness (QED) is 0.868. The highest BCUT2D eigenvalue weighted by Crippen LogP contribution is 2.29. The Hall–Kier alpha value is -1.46. The average Bonchev–Trinajstić information content (AvgIpc) is 2.45. The second-order valence-corrected chi connectivity index (χ2v) is 4.05. The maximum atomic E-state index is 5.47. The number of rotatable bonds is 5. The van der Waals surface area contributed by atoms with Crippen LogP contribution < -0.4 is 14.8 Å². The molecule has 1 aliphatic heterocycles. The van der Waals surface area contributed by atoms with E-state index >= 15 is 0 Å². The molecule has 0 amide bonds. The minimum Gasteiger partial charge on any atom is -0.497 e. The molecule has 1 heterocycles. The van der Waals surface area contributed by atoms with Crippen LogP contribution in [-0.4, -0.2) is 40.3 Å². The van der Waals surface area contributed by atoms with Crippen LogP contribution in [0.2, 0.25) is 0 Å². The van der Waals surface area contributed by atoms with Crippen molar-refractivity contribution < 1.29 is 18.9 Å². The van der Waals surface area contributed by atoms with Crippen LogP contribution in [0.25, 0.3) is 0 Å². The van der Waals surface area contributed by atoms with E-state index < -0.39 is 0 Å². The lowest BCUT2D eigenvalue weighted by atomic mass is 10.2. The summed E-state index contributed by atoms with van der Waals surface area (Å²) in [5.41, 5.74) is 0.909. The van der Waals surface area contributed by atoms with Crippen molar-refractivity contribution >= 4 is 5.69 Å². The zero-order valence-corrected chi connectivity index (χ0v) is 10.8. The SMILES string of the molecule is COc1ccc(OC)c(NCC2CCOCO2)c1. The van der Waals surface area contributed by atoms with Crippen LogP contribution in [0.3, 0.4) is 0 Å². The Morgan fingerprint density at radius 1 is 1.33 bits per heavy atom. The predicted octanol–water partition coefficient (Wildman–Crippen LogP) is 1.88. The molecule has 1 unspecified atom stereocenters. The van der Waals surface area contributed by atoms with Gasteiger partial charge in [0, 0.05) is 12.6 Å². The van der Waals surface area contributed by atoms with Gasteiger partial charge in [0.2, 0.25) is 0 Å². The van der Waals surface area contributed by atoms with Gasteiger partial charge in [-0.1, -0.05) is 0 Å². The first kappa shape index (κ1) is 13.0. The summed E-state index contributed by atoms with van der Waals surface area (Å²) in [4.78, 5) is 0. The highest BCUT2D eigenvalue weighted by Gasteiger charge is 2.14. The van der Waals surface area contributed by atoms with Crippen molar-refractivity contribution in [3.05, 3.63) is 18.2 Å². The van der Waals surface area contributed by atoms with E-state index in [1.165, 1.54) is 0 Å². The highest BCUT2D eigenvalue weighted by molar-refractivity contribution is 5.59. The second-order valence-electron chi connectivity index (χ2n) is 4.05. The van der Waals surface area contributed by atoms with Crippen LogP contribution in [0.4, 0.5) is 5.69 Å². The molecule has 0 aliphatic carbocycles. The maximum Gasteiger partial charge on any atom is 0.147 e. The fraction of sp³-hybridized carbons (Fsp3) is 0.538. The van der Waals surface area contributed by atoms with Gasteiger partial charge < -0.3 is 24.3 Å². The largest absolute Gasteiger partial charge is 0.497 e. The molecule has 0 bridgehead atoms. The third-order valence-corrected chi connectivity index (χ3v) is 2.90. The van der Waals surface area contributed by atoms with Gasteiger partial charge in [0.05, 0.1) is 32.6 Å². The first-order valence-electron chi connectivity index (χ1n) is 5.98. The molecule has 1 N–H and O–H groups in total. The standard InChI is InChI=1S/C13H19NO4/c1-15-10-3-4-13(16-2)12(7-10)14-8-11-5-6-17-9-18-11/h3-4,7,11,14H,5-6,8-9H2,1-2H3. The number of ether oxygens (including phenoxy) is 4. The van der Waals surface area contributed by atoms with E-state index in [9.17, 15) is 0 Å². The summed E-state index contributed by atoms with van der Waals surface area (Å²) in [6.07, 6.45) is 1.08. The molecule has 100 valence electrons. The Morgan fingerprint density at radius 3 is 2.89 bits per heavy atom. The zero-order chi connectivity index (χ0) is 12.8. The molecule has 0 aromatic heterocycles. The van der Waals surface area contributed by atoms with Crippen LogP contribution >= 0.6 is 0 Å². The van der Waals surface area contributed by atoms with Gasteiger partial charge in [0.15, 0.2) is 0 Å². The minimum absolute atomic E-state index is 0.176. The zero-order valence-electron chi connectivity index (χ0n) is 10.8. The minimum atomic E-state index is 0.176. The number of nitrogens with one attached hydrogen (secondary N) is 1. The van der Waals surface area contributed by atoms with Gasteiger partial charge in [-0.15, -0.1) is 0 Å². The van der Waals surface area contributed by atoms with Crippen molar-refractivity contribution in [3.8, 4) is 11.5 Å². The molecule has 1 saturated heterocycles. The molecule has 1 fully saturated rings. The molecular formula is C13H19NO4. The summed E-state index contributed by atoms with van der Waals surface area (Å²) in [6, 6.07) is 5.67. The van der Waals surface area contributed by atoms with Crippen molar-refractivity contribution in [1.82, 2.24) is 0 Å². The monoisotopic (exact) mass is 253 g/mol. The van der Waals surface area contributed by atoms with Crippen LogP contribution in [0.5, 0.6) is 11.5 Å². The van der Waals surface area contributed by atoms with Crippen molar-refractivity contribution in [2.45, 2.75) is 12.5 Å². The molecule has 0 saturated carbocycles. The van der Waals surface area contributed by atoms with Crippen molar-refractivity contribution in [1.29, 1.82) is 0 Å². The van der Waals surface area contributed by atoms with E-state index in [0.29, 0.717) is 6.79 Å². The fourth-order valence-corrected chi connectivity index (χ4v) is 1.84. The van der Waals surface area contributed by atoms with Crippen LogP contribution in [0, 0.1) is 0 Å². The van der Waals surface area contributed by atoms with Crippen molar-refractivity contribution in [3.63, 3.8) is 0 Å². The van der Waals surface area contributed by atoms with E-state index in [4.69, 9.17) is 18.9 Å². The van der Waals surface area contributed by atoms with E-state index in [1.54, 1.807) is 14.2 Å². The van der Waals surface area contributed by atoms with Gasteiger partial charge in [0.25, 0.3) is 0 Å². The molecular weight excluding hydrogens is 234 g/mol. The Labute approximate surface area is 107 Å². The molecule has 0 spiro atoms. The smallest absolute Gasteiger partial charge is 0.147 e. The summed E-state index contributed by atoms with van der Waals surface area (Å²) in [6.45, 7) is 1.86. The lowest BCUT2D eigenvalue weighted by Crippen LogP contribution is -2.30. The number of methoxy groups -OCH3 is 2. The molecule has 0 radical (unpaired) electrons. The van der Waals surface area contributed by atoms with E-state index in [-0.39, 0.29) is 6.10 Å². The summed E-state index contributed by atoms with van der Waals surface area (Å²) in [5.74, 6) is 1.59. The Morgan fingerprint density at radius 2 is 2.22 bits per heavy atom. The Balaban J connectivity index is 1.97. The summed E-state index contributed by atoms with van der Waals surface area (Å²) in [5, 5.41) is 3.32. The lowest BCUT2D eigenvalue weighted by molar-refractivity contribution is -0.133. The normalized spacial score (nSPS) is 19.3.